The van der Waals surface area contributed by atoms with E-state index in [4.69, 9.17) is 16.3 Å². The molecule has 3 heterocycles. The first-order chi connectivity index (χ1) is 16.9. The predicted octanol–water partition coefficient (Wildman–Crippen LogP) is 4.02. The van der Waals surface area contributed by atoms with Crippen molar-refractivity contribution in [1.29, 1.82) is 0 Å². The van der Waals surface area contributed by atoms with Crippen LogP contribution in [-0.2, 0) is 19.4 Å². The van der Waals surface area contributed by atoms with Crippen molar-refractivity contribution >= 4 is 33.2 Å². The summed E-state index contributed by atoms with van der Waals surface area (Å²) in [7, 11) is -4.35. The number of anilines is 1. The molecule has 0 aliphatic carbocycles. The van der Waals surface area contributed by atoms with Gasteiger partial charge in [-0.2, -0.15) is 18.3 Å². The van der Waals surface area contributed by atoms with Gasteiger partial charge in [-0.15, -0.1) is 0 Å². The Kier molecular flexibility index (Phi) is 7.45. The molecule has 36 heavy (non-hydrogen) atoms. The average Bonchev–Trinajstić information content (AvgIpc) is 3.42. The quantitative estimate of drug-likeness (QED) is 0.549. The summed E-state index contributed by atoms with van der Waals surface area (Å²) in [5.41, 5.74) is 0.168. The third kappa shape index (κ3) is 5.28. The van der Waals surface area contributed by atoms with Gasteiger partial charge in [0.25, 0.3) is 0 Å². The van der Waals surface area contributed by atoms with Crippen molar-refractivity contribution in [1.82, 2.24) is 9.78 Å². The summed E-state index contributed by atoms with van der Waals surface area (Å²) in [5, 5.41) is 14.0. The van der Waals surface area contributed by atoms with E-state index in [0.717, 1.165) is 18.2 Å². The predicted molar refractivity (Wildman–Crippen MR) is 123 cm³/mol. The van der Waals surface area contributed by atoms with Crippen LogP contribution in [0, 0.1) is 6.92 Å². The average molecular weight is 552 g/mol. The van der Waals surface area contributed by atoms with E-state index in [9.17, 15) is 31.5 Å². The zero-order chi connectivity index (χ0) is 26.3. The van der Waals surface area contributed by atoms with Crippen molar-refractivity contribution in [3.05, 3.63) is 28.9 Å². The van der Waals surface area contributed by atoms with Crippen LogP contribution in [0.4, 0.5) is 19.0 Å². The maximum absolute atomic E-state index is 13.9. The largest absolute Gasteiger partial charge is 0.484 e. The lowest BCUT2D eigenvalue weighted by Crippen LogP contribution is -2.39. The molecule has 2 saturated heterocycles. The molecule has 0 amide bonds. The van der Waals surface area contributed by atoms with Gasteiger partial charge < -0.3 is 19.5 Å². The molecule has 0 bridgehead atoms. The number of benzene rings is 1. The molecule has 0 saturated carbocycles. The molecule has 0 radical (unpaired) electrons. The molecular weight excluding hydrogens is 527 g/mol. The second kappa shape index (κ2) is 10.1. The number of sulfone groups is 1. The topological polar surface area (TPSA) is 111 Å². The molecule has 4 rings (SSSR count). The van der Waals surface area contributed by atoms with Gasteiger partial charge in [0.15, 0.2) is 6.61 Å². The number of rotatable bonds is 7. The second-order valence-electron chi connectivity index (χ2n) is 8.72. The smallest absolute Gasteiger partial charge is 0.422 e. The van der Waals surface area contributed by atoms with E-state index in [1.165, 1.54) is 6.92 Å². The minimum Gasteiger partial charge on any atom is -0.484 e. The van der Waals surface area contributed by atoms with Crippen molar-refractivity contribution in [2.45, 2.75) is 60.7 Å². The number of hydrogen-bond donors (Lipinski definition) is 1. The second-order valence-corrected chi connectivity index (χ2v) is 11.0. The number of aryl methyl sites for hydroxylation is 1. The van der Waals surface area contributed by atoms with Crippen LogP contribution in [0.25, 0.3) is 0 Å². The summed E-state index contributed by atoms with van der Waals surface area (Å²) in [6.07, 6.45) is -2.52. The molecule has 0 spiro atoms. The molecule has 14 heteroatoms. The first kappa shape index (κ1) is 26.6. The number of hydrogen-bond acceptors (Lipinski definition) is 7. The molecule has 9 nitrogen and oxygen atoms in total. The van der Waals surface area contributed by atoms with Crippen LogP contribution in [0.2, 0.25) is 5.02 Å². The van der Waals surface area contributed by atoms with Crippen molar-refractivity contribution in [2.24, 2.45) is 0 Å². The lowest BCUT2D eigenvalue weighted by Gasteiger charge is -2.30. The van der Waals surface area contributed by atoms with Gasteiger partial charge in [0.1, 0.15) is 22.5 Å². The number of aliphatic carboxylic acids is 1. The van der Waals surface area contributed by atoms with Gasteiger partial charge in [0.2, 0.25) is 9.84 Å². The van der Waals surface area contributed by atoms with E-state index in [1.54, 1.807) is 9.58 Å². The van der Waals surface area contributed by atoms with E-state index in [2.05, 4.69) is 9.84 Å². The lowest BCUT2D eigenvalue weighted by atomic mass is 10.1. The number of ether oxygens (including phenoxy) is 2. The van der Waals surface area contributed by atoms with Gasteiger partial charge in [0, 0.05) is 25.8 Å². The maximum Gasteiger partial charge on any atom is 0.422 e. The fourth-order valence-electron chi connectivity index (χ4n) is 4.62. The number of alkyl halides is 3. The zero-order valence-electron chi connectivity index (χ0n) is 19.3. The van der Waals surface area contributed by atoms with E-state index in [1.807, 2.05) is 0 Å². The van der Waals surface area contributed by atoms with E-state index in [0.29, 0.717) is 45.4 Å². The Bertz CT molecular complexity index is 1240. The Morgan fingerprint density at radius 2 is 1.97 bits per heavy atom. The first-order valence-electron chi connectivity index (χ1n) is 11.3. The molecule has 2 aliphatic heterocycles. The maximum atomic E-state index is 13.9. The monoisotopic (exact) mass is 551 g/mol. The summed E-state index contributed by atoms with van der Waals surface area (Å²) in [4.78, 5) is 13.0. The number of carboxylic acids is 1. The Balaban J connectivity index is 1.81. The van der Waals surface area contributed by atoms with E-state index < -0.39 is 34.6 Å². The molecule has 1 unspecified atom stereocenters. The van der Waals surface area contributed by atoms with Crippen molar-refractivity contribution in [3.63, 3.8) is 0 Å². The number of halogens is 4. The van der Waals surface area contributed by atoms with Crippen LogP contribution in [-0.4, -0.2) is 67.9 Å². The van der Waals surface area contributed by atoms with Gasteiger partial charge >= 0.3 is 12.1 Å². The minimum atomic E-state index is -4.57. The van der Waals surface area contributed by atoms with E-state index in [-0.39, 0.29) is 38.1 Å². The highest BCUT2D eigenvalue weighted by Crippen LogP contribution is 2.41. The number of aromatic nitrogens is 2. The molecular formula is C22H25ClF3N3O6S. The third-order valence-corrected chi connectivity index (χ3v) is 8.59. The first-order valence-corrected chi connectivity index (χ1v) is 13.2. The highest BCUT2D eigenvalue weighted by molar-refractivity contribution is 7.91. The van der Waals surface area contributed by atoms with Gasteiger partial charge in [-0.05, 0) is 44.7 Å². The summed E-state index contributed by atoms with van der Waals surface area (Å²) >= 11 is 6.22. The molecule has 1 N–H and O–H groups in total. The van der Waals surface area contributed by atoms with Crippen molar-refractivity contribution < 1.29 is 41.0 Å². The Morgan fingerprint density at radius 3 is 2.58 bits per heavy atom. The van der Waals surface area contributed by atoms with Crippen LogP contribution in [0.15, 0.2) is 28.0 Å². The van der Waals surface area contributed by atoms with Gasteiger partial charge in [0.05, 0.1) is 21.7 Å². The number of nitrogens with zero attached hydrogens (tertiary/aromatic N) is 3. The number of carbonyl (C=O) groups is 1. The normalized spacial score (nSPS) is 19.6. The summed E-state index contributed by atoms with van der Waals surface area (Å²) in [6, 6.07) is 2.06. The molecule has 2 aromatic rings. The fraction of sp³-hybridized carbons (Fsp3) is 0.545. The zero-order valence-corrected chi connectivity index (χ0v) is 20.9. The van der Waals surface area contributed by atoms with Gasteiger partial charge in [-0.3, -0.25) is 0 Å². The highest BCUT2D eigenvalue weighted by Gasteiger charge is 2.41. The highest BCUT2D eigenvalue weighted by atomic mass is 35.5. The fourth-order valence-corrected chi connectivity index (χ4v) is 6.76. The Hall–Kier alpha value is -2.51. The third-order valence-electron chi connectivity index (χ3n) is 6.22. The molecule has 1 atom stereocenters. The molecule has 2 fully saturated rings. The summed E-state index contributed by atoms with van der Waals surface area (Å²) in [6.45, 7) is 1.21. The van der Waals surface area contributed by atoms with Crippen LogP contribution >= 0.6 is 11.6 Å². The Labute approximate surface area is 210 Å². The SMILES string of the molecule is Cc1nn(C2CCOCC2)c(N2CCCC2C(=O)O)c1S(=O)(=O)c1ccc(OCC(F)(F)F)cc1Cl. The van der Waals surface area contributed by atoms with Gasteiger partial charge in [-0.1, -0.05) is 11.6 Å². The molecule has 1 aromatic heterocycles. The minimum absolute atomic E-state index is 0.168. The lowest BCUT2D eigenvalue weighted by molar-refractivity contribution is -0.153. The molecule has 198 valence electrons. The van der Waals surface area contributed by atoms with Gasteiger partial charge in [-0.25, -0.2) is 17.9 Å². The Morgan fingerprint density at radius 1 is 1.28 bits per heavy atom. The van der Waals surface area contributed by atoms with Crippen molar-refractivity contribution in [3.8, 4) is 5.75 Å². The molecule has 2 aliphatic rings. The van der Waals surface area contributed by atoms with Crippen LogP contribution in [0.5, 0.6) is 5.75 Å². The van der Waals surface area contributed by atoms with Crippen molar-refractivity contribution in [2.75, 3.05) is 31.3 Å². The summed E-state index contributed by atoms with van der Waals surface area (Å²) < 4.78 is 77.0. The van der Waals surface area contributed by atoms with Crippen LogP contribution in [0.3, 0.4) is 0 Å². The van der Waals surface area contributed by atoms with Crippen LogP contribution < -0.4 is 9.64 Å². The number of carboxylic acid groups (broad SMARTS) is 1. The molecule has 1 aromatic carbocycles. The van der Waals surface area contributed by atoms with E-state index >= 15 is 0 Å². The summed E-state index contributed by atoms with van der Waals surface area (Å²) in [5.74, 6) is -1.13. The van der Waals surface area contributed by atoms with Crippen LogP contribution in [0.1, 0.15) is 37.4 Å². The standard InChI is InChI=1S/C22H25ClF3N3O6S/c1-13-19(36(32,33)18-5-4-15(11-16(18)23)35-12-22(24,25)26)20(28-8-2-3-17(28)21(30)31)29(27-13)14-6-9-34-10-7-14/h4-5,11,14,17H,2-3,6-10,12H2,1H3,(H,30,31).